The molecule has 0 saturated carbocycles. The number of likely N-dealkylation sites (tertiary alicyclic amines) is 1. The van der Waals surface area contributed by atoms with E-state index in [1.165, 1.54) is 0 Å². The molecule has 2 saturated heterocycles. The summed E-state index contributed by atoms with van der Waals surface area (Å²) in [6, 6.07) is 15.2. The summed E-state index contributed by atoms with van der Waals surface area (Å²) in [6.45, 7) is 2.80. The number of ketones is 1. The Hall–Kier alpha value is -5.07. The molecule has 234 valence electrons. The average Bonchev–Trinajstić information content (AvgIpc) is 3.74. The molecule has 6 heterocycles. The van der Waals surface area contributed by atoms with Gasteiger partial charge in [-0.05, 0) is 67.8 Å². The minimum Gasteiger partial charge on any atom is -0.367 e. The summed E-state index contributed by atoms with van der Waals surface area (Å²) in [5.74, 6) is 1.51. The number of H-pyrrole nitrogens is 1. The van der Waals surface area contributed by atoms with Gasteiger partial charge in [0.2, 0.25) is 0 Å². The Labute approximate surface area is 266 Å². The third kappa shape index (κ3) is 5.96. The molecule has 0 bridgehead atoms. The third-order valence-corrected chi connectivity index (χ3v) is 9.12. The highest BCUT2D eigenvalue weighted by molar-refractivity contribution is 6.01. The number of carbonyl (C=O) groups excluding carboxylic acids is 2. The lowest BCUT2D eigenvalue weighted by atomic mass is 9.92. The number of piperidine rings is 1. The van der Waals surface area contributed by atoms with Crippen molar-refractivity contribution in [1.29, 1.82) is 0 Å². The maximum absolute atomic E-state index is 13.6. The van der Waals surface area contributed by atoms with E-state index in [-0.39, 0.29) is 17.6 Å². The van der Waals surface area contributed by atoms with Crippen LogP contribution in [0.15, 0.2) is 79.5 Å². The number of aromatic nitrogens is 6. The zero-order chi connectivity index (χ0) is 31.5. The highest BCUT2D eigenvalue weighted by Gasteiger charge is 2.45. The molecule has 4 aromatic heterocycles. The first-order valence-electron chi connectivity index (χ1n) is 15.5. The number of amides is 1. The number of benzene rings is 1. The van der Waals surface area contributed by atoms with Crippen molar-refractivity contribution in [3.8, 4) is 22.6 Å². The first-order chi connectivity index (χ1) is 22.5. The Kier molecular flexibility index (Phi) is 8.20. The molecule has 7 rings (SSSR count). The molecular formula is C34H35N9O3. The standard InChI is InChI=1S/C34H35N9O3/c1-46-34(33(45)39-26-4-5-28-27(19-26)31(41-40-28)24-7-14-35-15-8-24)11-18-42(22-34)21-29(44)23-9-16-43(17-10-23)30-6-3-25(20-38-30)32-36-12-2-13-37-32/h2-8,12-15,19-20,23H,9-11,16-18,21-22H2,1H3,(H,39,45)(H,40,41)/t34-/m0/s1. The van der Waals surface area contributed by atoms with Crippen molar-refractivity contribution in [2.45, 2.75) is 24.9 Å². The molecule has 46 heavy (non-hydrogen) atoms. The number of anilines is 2. The van der Waals surface area contributed by atoms with Crippen molar-refractivity contribution in [3.05, 3.63) is 79.5 Å². The van der Waals surface area contributed by atoms with Gasteiger partial charge in [0.15, 0.2) is 11.4 Å². The summed E-state index contributed by atoms with van der Waals surface area (Å²) in [4.78, 5) is 48.5. The topological polar surface area (TPSA) is 142 Å². The van der Waals surface area contributed by atoms with Crippen LogP contribution in [-0.4, -0.2) is 92.2 Å². The minimum atomic E-state index is -1.04. The van der Waals surface area contributed by atoms with Crippen molar-refractivity contribution in [3.63, 3.8) is 0 Å². The monoisotopic (exact) mass is 617 g/mol. The lowest BCUT2D eigenvalue weighted by Crippen LogP contribution is -2.48. The van der Waals surface area contributed by atoms with Gasteiger partial charge in [-0.1, -0.05) is 0 Å². The number of carbonyl (C=O) groups is 2. The number of rotatable bonds is 9. The molecule has 2 fully saturated rings. The van der Waals surface area contributed by atoms with Crippen LogP contribution < -0.4 is 10.2 Å². The minimum absolute atomic E-state index is 0.0177. The van der Waals surface area contributed by atoms with Gasteiger partial charge in [0.05, 0.1) is 12.1 Å². The van der Waals surface area contributed by atoms with E-state index >= 15 is 0 Å². The maximum atomic E-state index is 13.6. The zero-order valence-corrected chi connectivity index (χ0v) is 25.6. The number of nitrogens with zero attached hydrogens (tertiary/aromatic N) is 7. The highest BCUT2D eigenvalue weighted by Crippen LogP contribution is 2.31. The van der Waals surface area contributed by atoms with Crippen LogP contribution in [0.1, 0.15) is 19.3 Å². The second kappa shape index (κ2) is 12.7. The number of ether oxygens (including phenoxy) is 1. The van der Waals surface area contributed by atoms with E-state index in [2.05, 4.69) is 40.3 Å². The molecule has 0 spiro atoms. The molecule has 1 aromatic carbocycles. The predicted octanol–water partition coefficient (Wildman–Crippen LogP) is 3.99. The fraction of sp³-hybridized carbons (Fsp3) is 0.324. The van der Waals surface area contributed by atoms with Crippen molar-refractivity contribution < 1.29 is 14.3 Å². The summed E-state index contributed by atoms with van der Waals surface area (Å²) in [6.07, 6.45) is 10.7. The second-order valence-electron chi connectivity index (χ2n) is 11.9. The third-order valence-electron chi connectivity index (χ3n) is 9.12. The first-order valence-corrected chi connectivity index (χ1v) is 15.5. The predicted molar refractivity (Wildman–Crippen MR) is 174 cm³/mol. The first kappa shape index (κ1) is 29.6. The fourth-order valence-corrected chi connectivity index (χ4v) is 6.44. The van der Waals surface area contributed by atoms with Gasteiger partial charge in [-0.2, -0.15) is 5.10 Å². The number of hydrogen-bond acceptors (Lipinski definition) is 10. The Morgan fingerprint density at radius 2 is 1.78 bits per heavy atom. The lowest BCUT2D eigenvalue weighted by molar-refractivity contribution is -0.137. The van der Waals surface area contributed by atoms with E-state index in [1.807, 2.05) is 47.4 Å². The van der Waals surface area contributed by atoms with Crippen LogP contribution >= 0.6 is 0 Å². The van der Waals surface area contributed by atoms with Gasteiger partial charge < -0.3 is 15.0 Å². The van der Waals surface area contributed by atoms with Crippen molar-refractivity contribution in [1.82, 2.24) is 35.0 Å². The smallest absolute Gasteiger partial charge is 0.258 e. The molecule has 2 aliphatic rings. The van der Waals surface area contributed by atoms with Crippen LogP contribution in [0.3, 0.4) is 0 Å². The quantitative estimate of drug-likeness (QED) is 0.249. The number of methoxy groups -OCH3 is 1. The van der Waals surface area contributed by atoms with E-state index in [0.29, 0.717) is 37.6 Å². The van der Waals surface area contributed by atoms with E-state index in [1.54, 1.807) is 44.2 Å². The van der Waals surface area contributed by atoms with E-state index in [0.717, 1.165) is 59.5 Å². The van der Waals surface area contributed by atoms with Crippen LogP contribution in [-0.2, 0) is 14.3 Å². The number of nitrogens with one attached hydrogen (secondary N) is 2. The molecule has 0 radical (unpaired) electrons. The van der Waals surface area contributed by atoms with Gasteiger partial charge in [0.25, 0.3) is 5.91 Å². The Bertz CT molecular complexity index is 1820. The number of pyridine rings is 2. The SMILES string of the molecule is CO[C@@]1(C(=O)Nc2ccc3[nH]nc(-c4ccncc4)c3c2)CCN(CC(=O)C2CCN(c3ccc(-c4ncccn4)cn3)CC2)C1. The van der Waals surface area contributed by atoms with E-state index in [9.17, 15) is 9.59 Å². The normalized spacial score (nSPS) is 19.0. The molecular weight excluding hydrogens is 582 g/mol. The molecule has 5 aromatic rings. The average molecular weight is 618 g/mol. The summed E-state index contributed by atoms with van der Waals surface area (Å²) in [5, 5.41) is 11.5. The largest absolute Gasteiger partial charge is 0.367 e. The summed E-state index contributed by atoms with van der Waals surface area (Å²) < 4.78 is 5.84. The number of fused-ring (bicyclic) bond motifs is 1. The van der Waals surface area contributed by atoms with Crippen molar-refractivity contribution >= 4 is 34.1 Å². The molecule has 2 aliphatic heterocycles. The molecule has 0 aliphatic carbocycles. The Balaban J connectivity index is 0.937. The number of Topliss-reactive ketones (excluding diaryl/α,β-unsaturated/α-hetero) is 1. The van der Waals surface area contributed by atoms with Gasteiger partial charge in [0, 0.05) is 92.4 Å². The summed E-state index contributed by atoms with van der Waals surface area (Å²) >= 11 is 0. The molecule has 2 N–H and O–H groups in total. The van der Waals surface area contributed by atoms with Crippen LogP contribution in [0.25, 0.3) is 33.5 Å². The Morgan fingerprint density at radius 1 is 0.978 bits per heavy atom. The van der Waals surface area contributed by atoms with Crippen LogP contribution in [0, 0.1) is 5.92 Å². The van der Waals surface area contributed by atoms with Gasteiger partial charge >= 0.3 is 0 Å². The summed E-state index contributed by atoms with van der Waals surface area (Å²) in [5.41, 5.74) is 3.09. The van der Waals surface area contributed by atoms with Crippen molar-refractivity contribution in [2.75, 3.05) is 50.1 Å². The van der Waals surface area contributed by atoms with Gasteiger partial charge in [-0.25, -0.2) is 15.0 Å². The number of aromatic amines is 1. The van der Waals surface area contributed by atoms with Gasteiger partial charge in [-0.3, -0.25) is 24.6 Å². The van der Waals surface area contributed by atoms with Gasteiger partial charge in [-0.15, -0.1) is 0 Å². The summed E-state index contributed by atoms with van der Waals surface area (Å²) in [7, 11) is 1.56. The number of hydrogen-bond donors (Lipinski definition) is 2. The molecule has 0 unspecified atom stereocenters. The fourth-order valence-electron chi connectivity index (χ4n) is 6.44. The van der Waals surface area contributed by atoms with Gasteiger partial charge in [0.1, 0.15) is 17.3 Å². The molecule has 1 amide bonds. The van der Waals surface area contributed by atoms with E-state index in [4.69, 9.17) is 4.74 Å². The van der Waals surface area contributed by atoms with Crippen molar-refractivity contribution in [2.24, 2.45) is 5.92 Å². The molecule has 12 nitrogen and oxygen atoms in total. The zero-order valence-electron chi connectivity index (χ0n) is 25.6. The lowest BCUT2D eigenvalue weighted by Gasteiger charge is -2.33. The van der Waals surface area contributed by atoms with E-state index < -0.39 is 5.60 Å². The highest BCUT2D eigenvalue weighted by atomic mass is 16.5. The van der Waals surface area contributed by atoms with Crippen LogP contribution in [0.4, 0.5) is 11.5 Å². The molecule has 1 atom stereocenters. The Morgan fingerprint density at radius 3 is 2.52 bits per heavy atom. The molecule has 12 heteroatoms. The van der Waals surface area contributed by atoms with Crippen LogP contribution in [0.2, 0.25) is 0 Å². The van der Waals surface area contributed by atoms with Crippen LogP contribution in [0.5, 0.6) is 0 Å². The maximum Gasteiger partial charge on any atom is 0.258 e. The second-order valence-corrected chi connectivity index (χ2v) is 11.9.